The highest BCUT2D eigenvalue weighted by Gasteiger charge is 2.17. The Hall–Kier alpha value is -3.49. The summed E-state index contributed by atoms with van der Waals surface area (Å²) in [5, 5.41) is 2.89. The number of allylic oxidation sites excluding steroid dienone is 1. The van der Waals surface area contributed by atoms with Crippen LogP contribution in [0.3, 0.4) is 0 Å². The number of aliphatic imine (C=N–C) groups is 1. The van der Waals surface area contributed by atoms with Crippen molar-refractivity contribution in [2.24, 2.45) is 4.99 Å². The summed E-state index contributed by atoms with van der Waals surface area (Å²) in [6, 6.07) is 18.0. The van der Waals surface area contributed by atoms with Crippen molar-refractivity contribution in [2.45, 2.75) is 65.6 Å². The number of esters is 2. The Morgan fingerprint density at radius 3 is 1.80 bits per heavy atom. The van der Waals surface area contributed by atoms with E-state index in [-0.39, 0.29) is 0 Å². The highest BCUT2D eigenvalue weighted by atomic mass is 16.7. The lowest BCUT2D eigenvalue weighted by Gasteiger charge is -2.17. The van der Waals surface area contributed by atoms with Gasteiger partial charge in [-0.3, -0.25) is 4.99 Å². The maximum Gasteiger partial charge on any atom is 0.332 e. The number of benzene rings is 2. The first-order valence-corrected chi connectivity index (χ1v) is 11.5. The van der Waals surface area contributed by atoms with Gasteiger partial charge >= 0.3 is 11.9 Å². The van der Waals surface area contributed by atoms with Gasteiger partial charge in [-0.25, -0.2) is 9.59 Å². The number of ether oxygens (including phenoxy) is 4. The van der Waals surface area contributed by atoms with Gasteiger partial charge in [-0.05, 0) is 51.1 Å². The number of nitrogens with zero attached hydrogens (tertiary/aromatic N) is 1. The van der Waals surface area contributed by atoms with E-state index in [4.69, 9.17) is 18.9 Å². The molecule has 0 amide bonds. The van der Waals surface area contributed by atoms with E-state index in [1.165, 1.54) is 6.21 Å². The topological polar surface area (TPSA) is 95.5 Å². The molecule has 35 heavy (non-hydrogen) atoms. The zero-order valence-corrected chi connectivity index (χ0v) is 20.6. The molecule has 0 saturated heterocycles. The number of hydrogen-bond acceptors (Lipinski definition) is 8. The minimum atomic E-state index is -0.701. The second-order valence-corrected chi connectivity index (χ2v) is 7.82. The average molecular weight is 483 g/mol. The fraction of sp³-hybridized carbons (Fsp3) is 0.370. The lowest BCUT2D eigenvalue weighted by Crippen LogP contribution is -2.34. The number of rotatable bonds is 14. The molecule has 0 heterocycles. The molecule has 2 unspecified atom stereocenters. The number of carbonyl (C=O) groups excluding carboxylic acids is 2. The Labute approximate surface area is 206 Å². The summed E-state index contributed by atoms with van der Waals surface area (Å²) in [5.74, 6) is -0.946. The summed E-state index contributed by atoms with van der Waals surface area (Å²) < 4.78 is 21.6. The highest BCUT2D eigenvalue weighted by Crippen LogP contribution is 2.07. The Balaban J connectivity index is 1.63. The molecule has 0 saturated carbocycles. The van der Waals surface area contributed by atoms with Crippen LogP contribution in [0.25, 0.3) is 0 Å². The van der Waals surface area contributed by atoms with Crippen molar-refractivity contribution >= 4 is 18.2 Å². The van der Waals surface area contributed by atoms with Crippen LogP contribution < -0.4 is 5.32 Å². The van der Waals surface area contributed by atoms with E-state index in [9.17, 15) is 9.59 Å². The van der Waals surface area contributed by atoms with Gasteiger partial charge in [0.1, 0.15) is 12.1 Å². The maximum absolute atomic E-state index is 12.2. The standard InChI is InChI=1S/C27H34N2O6/c1-20(26(30)34-22(3)32-18-24-12-7-5-8-13-24)28-16-11-17-29-21(2)27(31)35-23(4)33-19-25-14-9-6-10-15-25/h5-17,20-23,28H,18-19H2,1-4H3/b16-11+,29-17?/t20-,21-,22?,23?/m0/s1. The quantitative estimate of drug-likeness (QED) is 0.246. The van der Waals surface area contributed by atoms with Gasteiger partial charge in [0.25, 0.3) is 0 Å². The van der Waals surface area contributed by atoms with E-state index in [0.717, 1.165) is 11.1 Å². The van der Waals surface area contributed by atoms with Crippen molar-refractivity contribution < 1.29 is 28.5 Å². The third-order valence-corrected chi connectivity index (χ3v) is 4.75. The van der Waals surface area contributed by atoms with Gasteiger partial charge in [-0.15, -0.1) is 0 Å². The zero-order valence-electron chi connectivity index (χ0n) is 20.6. The van der Waals surface area contributed by atoms with Crippen LogP contribution in [0.5, 0.6) is 0 Å². The van der Waals surface area contributed by atoms with E-state index < -0.39 is 36.6 Å². The van der Waals surface area contributed by atoms with Crippen LogP contribution >= 0.6 is 0 Å². The summed E-state index contributed by atoms with van der Waals surface area (Å²) >= 11 is 0. The van der Waals surface area contributed by atoms with Gasteiger partial charge in [-0.2, -0.15) is 0 Å². The Bertz CT molecular complexity index is 949. The first-order valence-electron chi connectivity index (χ1n) is 11.5. The first-order chi connectivity index (χ1) is 16.8. The van der Waals surface area contributed by atoms with Crippen molar-refractivity contribution in [1.29, 1.82) is 0 Å². The van der Waals surface area contributed by atoms with E-state index >= 15 is 0 Å². The highest BCUT2D eigenvalue weighted by molar-refractivity contribution is 5.80. The summed E-state index contributed by atoms with van der Waals surface area (Å²) in [4.78, 5) is 28.4. The number of hydrogen-bond donors (Lipinski definition) is 1. The molecule has 4 atom stereocenters. The molecule has 0 bridgehead atoms. The molecule has 0 radical (unpaired) electrons. The molecular weight excluding hydrogens is 448 g/mol. The lowest BCUT2D eigenvalue weighted by atomic mass is 10.2. The maximum atomic E-state index is 12.2. The summed E-state index contributed by atoms with van der Waals surface area (Å²) in [6.07, 6.45) is 3.22. The zero-order chi connectivity index (χ0) is 25.5. The third kappa shape index (κ3) is 11.5. The molecule has 0 aliphatic rings. The minimum absolute atomic E-state index is 0.347. The fourth-order valence-corrected chi connectivity index (χ4v) is 2.72. The number of carbonyl (C=O) groups is 2. The molecule has 188 valence electrons. The largest absolute Gasteiger partial charge is 0.435 e. The predicted octanol–water partition coefficient (Wildman–Crippen LogP) is 4.15. The van der Waals surface area contributed by atoms with Gasteiger partial charge in [-0.1, -0.05) is 60.7 Å². The molecule has 0 aromatic heterocycles. The lowest BCUT2D eigenvalue weighted by molar-refractivity contribution is -0.179. The fourth-order valence-electron chi connectivity index (χ4n) is 2.72. The van der Waals surface area contributed by atoms with Crippen LogP contribution in [0, 0.1) is 0 Å². The Kier molecular flexibility index (Phi) is 12.2. The Morgan fingerprint density at radius 2 is 1.29 bits per heavy atom. The second kappa shape index (κ2) is 15.4. The monoisotopic (exact) mass is 482 g/mol. The molecule has 8 nitrogen and oxygen atoms in total. The van der Waals surface area contributed by atoms with Gasteiger partial charge in [0, 0.05) is 6.21 Å². The third-order valence-electron chi connectivity index (χ3n) is 4.75. The predicted molar refractivity (Wildman–Crippen MR) is 133 cm³/mol. The van der Waals surface area contributed by atoms with Crippen molar-refractivity contribution in [3.63, 3.8) is 0 Å². The molecule has 0 spiro atoms. The molecule has 1 N–H and O–H groups in total. The molecule has 2 rings (SSSR count). The summed E-state index contributed by atoms with van der Waals surface area (Å²) in [6.45, 7) is 7.33. The first kappa shape index (κ1) is 27.8. The van der Waals surface area contributed by atoms with Crippen molar-refractivity contribution in [3.05, 3.63) is 84.1 Å². The molecule has 8 heteroatoms. The van der Waals surface area contributed by atoms with Crippen LogP contribution in [-0.2, 0) is 41.8 Å². The van der Waals surface area contributed by atoms with Crippen LogP contribution in [0.2, 0.25) is 0 Å². The van der Waals surface area contributed by atoms with Gasteiger partial charge < -0.3 is 24.3 Å². The van der Waals surface area contributed by atoms with E-state index in [1.807, 2.05) is 60.7 Å². The molecule has 0 aliphatic carbocycles. The molecule has 0 fully saturated rings. The minimum Gasteiger partial charge on any atom is -0.435 e. The normalized spacial score (nSPS) is 14.9. The van der Waals surface area contributed by atoms with Crippen LogP contribution in [0.15, 0.2) is 77.9 Å². The van der Waals surface area contributed by atoms with E-state index in [1.54, 1.807) is 40.0 Å². The molecule has 2 aromatic carbocycles. The molecular formula is C27H34N2O6. The SMILES string of the molecule is CC(OCc1ccccc1)OC(=O)[C@H](C)N=C/C=C/N[C@@H](C)C(=O)OC(C)OCc1ccccc1. The van der Waals surface area contributed by atoms with E-state index in [0.29, 0.717) is 13.2 Å². The molecule has 0 aliphatic heterocycles. The van der Waals surface area contributed by atoms with Gasteiger partial charge in [0.2, 0.25) is 12.6 Å². The Morgan fingerprint density at radius 1 is 0.800 bits per heavy atom. The van der Waals surface area contributed by atoms with Gasteiger partial charge in [0.15, 0.2) is 0 Å². The number of nitrogens with one attached hydrogen (secondary N) is 1. The van der Waals surface area contributed by atoms with Crippen LogP contribution in [0.1, 0.15) is 38.8 Å². The van der Waals surface area contributed by atoms with Crippen molar-refractivity contribution in [2.75, 3.05) is 0 Å². The van der Waals surface area contributed by atoms with Crippen molar-refractivity contribution in [1.82, 2.24) is 5.32 Å². The molecule has 2 aromatic rings. The van der Waals surface area contributed by atoms with Crippen LogP contribution in [-0.4, -0.2) is 42.8 Å². The van der Waals surface area contributed by atoms with E-state index in [2.05, 4.69) is 10.3 Å². The smallest absolute Gasteiger partial charge is 0.332 e. The van der Waals surface area contributed by atoms with Gasteiger partial charge in [0.05, 0.1) is 13.2 Å². The summed E-state index contributed by atoms with van der Waals surface area (Å²) in [7, 11) is 0. The van der Waals surface area contributed by atoms with Crippen LogP contribution in [0.4, 0.5) is 0 Å². The second-order valence-electron chi connectivity index (χ2n) is 7.82. The average Bonchev–Trinajstić information content (AvgIpc) is 2.87. The summed E-state index contributed by atoms with van der Waals surface area (Å²) in [5.41, 5.74) is 1.99. The van der Waals surface area contributed by atoms with Crippen molar-refractivity contribution in [3.8, 4) is 0 Å².